The highest BCUT2D eigenvalue weighted by Gasteiger charge is 2.13. The number of halogens is 2. The monoisotopic (exact) mass is 416 g/mol. The summed E-state index contributed by atoms with van der Waals surface area (Å²) in [6, 6.07) is 17.2. The van der Waals surface area contributed by atoms with Crippen molar-refractivity contribution in [3.8, 4) is 11.5 Å². The van der Waals surface area contributed by atoms with Gasteiger partial charge in [0.25, 0.3) is 0 Å². The van der Waals surface area contributed by atoms with Gasteiger partial charge in [-0.25, -0.2) is 0 Å². The van der Waals surface area contributed by atoms with Crippen LogP contribution in [0.15, 0.2) is 60.8 Å². The van der Waals surface area contributed by atoms with E-state index in [4.69, 9.17) is 32.7 Å². The van der Waals surface area contributed by atoms with E-state index in [1.54, 1.807) is 6.20 Å². The molecular formula is C22H22Cl2N2O2. The fourth-order valence-corrected chi connectivity index (χ4v) is 3.11. The van der Waals surface area contributed by atoms with Gasteiger partial charge in [0.15, 0.2) is 11.5 Å². The highest BCUT2D eigenvalue weighted by Crippen LogP contribution is 2.37. The maximum Gasteiger partial charge on any atom is 0.180 e. The summed E-state index contributed by atoms with van der Waals surface area (Å²) in [5.41, 5.74) is 3.01. The molecule has 3 aromatic rings. The van der Waals surface area contributed by atoms with Gasteiger partial charge in [-0.3, -0.25) is 4.98 Å². The first-order chi connectivity index (χ1) is 13.7. The molecule has 4 nitrogen and oxygen atoms in total. The second kappa shape index (κ2) is 10.3. The number of ether oxygens (including phenoxy) is 2. The van der Waals surface area contributed by atoms with Crippen molar-refractivity contribution >= 4 is 23.2 Å². The molecule has 0 bridgehead atoms. The molecule has 0 saturated carbocycles. The molecule has 0 atom stereocenters. The molecule has 0 aliphatic heterocycles. The minimum Gasteiger partial charge on any atom is -0.490 e. The molecule has 146 valence electrons. The normalized spacial score (nSPS) is 10.7. The number of hydrogen-bond acceptors (Lipinski definition) is 4. The highest BCUT2D eigenvalue weighted by atomic mass is 35.5. The van der Waals surface area contributed by atoms with Gasteiger partial charge in [-0.1, -0.05) is 41.4 Å². The average Bonchev–Trinajstić information content (AvgIpc) is 2.70. The number of nitrogens with zero attached hydrogens (tertiary/aromatic N) is 1. The van der Waals surface area contributed by atoms with Crippen molar-refractivity contribution in [3.05, 3.63) is 87.7 Å². The standard InChI is InChI=1S/C22H22Cl2N2O2/c1-2-27-21-12-17(13-25-14-19-5-3-4-10-26-19)11-20(24)22(21)28-15-16-6-8-18(23)9-7-16/h3-12,25H,2,13-15H2,1H3. The maximum absolute atomic E-state index is 6.49. The van der Waals surface area contributed by atoms with Crippen LogP contribution in [0, 0.1) is 0 Å². The largest absolute Gasteiger partial charge is 0.490 e. The molecule has 0 aliphatic carbocycles. The van der Waals surface area contributed by atoms with Crippen molar-refractivity contribution in [2.45, 2.75) is 26.6 Å². The van der Waals surface area contributed by atoms with Gasteiger partial charge in [-0.2, -0.15) is 0 Å². The highest BCUT2D eigenvalue weighted by molar-refractivity contribution is 6.32. The van der Waals surface area contributed by atoms with Gasteiger partial charge in [-0.15, -0.1) is 0 Å². The van der Waals surface area contributed by atoms with E-state index in [9.17, 15) is 0 Å². The van der Waals surface area contributed by atoms with Gasteiger partial charge in [0.05, 0.1) is 17.3 Å². The minimum absolute atomic E-state index is 0.383. The molecule has 0 spiro atoms. The number of aromatic nitrogens is 1. The predicted octanol–water partition coefficient (Wildman–Crippen LogP) is 5.66. The first kappa shape index (κ1) is 20.5. The Morgan fingerprint density at radius 3 is 2.46 bits per heavy atom. The quantitative estimate of drug-likeness (QED) is 0.488. The van der Waals surface area contributed by atoms with E-state index in [0.717, 1.165) is 16.8 Å². The molecule has 0 radical (unpaired) electrons. The van der Waals surface area contributed by atoms with E-state index in [1.807, 2.05) is 61.5 Å². The van der Waals surface area contributed by atoms with Crippen LogP contribution < -0.4 is 14.8 Å². The average molecular weight is 417 g/mol. The Labute approximate surface area is 175 Å². The third-order valence-corrected chi connectivity index (χ3v) is 4.56. The van der Waals surface area contributed by atoms with E-state index in [-0.39, 0.29) is 0 Å². The van der Waals surface area contributed by atoms with Gasteiger partial charge in [0.2, 0.25) is 0 Å². The van der Waals surface area contributed by atoms with Crippen LogP contribution in [0.25, 0.3) is 0 Å². The molecule has 1 N–H and O–H groups in total. The zero-order valence-electron chi connectivity index (χ0n) is 15.6. The number of pyridine rings is 1. The topological polar surface area (TPSA) is 43.4 Å². The first-order valence-electron chi connectivity index (χ1n) is 9.08. The molecule has 0 saturated heterocycles. The Balaban J connectivity index is 1.67. The molecule has 0 aliphatic rings. The van der Waals surface area contributed by atoms with Crippen molar-refractivity contribution in [1.29, 1.82) is 0 Å². The van der Waals surface area contributed by atoms with Crippen molar-refractivity contribution in [2.24, 2.45) is 0 Å². The van der Waals surface area contributed by atoms with Crippen LogP contribution in [-0.4, -0.2) is 11.6 Å². The fourth-order valence-electron chi connectivity index (χ4n) is 2.70. The first-order valence-corrected chi connectivity index (χ1v) is 9.84. The molecule has 28 heavy (non-hydrogen) atoms. The lowest BCUT2D eigenvalue weighted by Crippen LogP contribution is -2.14. The molecular weight excluding hydrogens is 395 g/mol. The van der Waals surface area contributed by atoms with Crippen molar-refractivity contribution in [1.82, 2.24) is 10.3 Å². The Hall–Kier alpha value is -2.27. The molecule has 2 aromatic carbocycles. The molecule has 0 unspecified atom stereocenters. The fraction of sp³-hybridized carbons (Fsp3) is 0.227. The van der Waals surface area contributed by atoms with Gasteiger partial charge >= 0.3 is 0 Å². The number of hydrogen-bond donors (Lipinski definition) is 1. The molecule has 1 heterocycles. The Morgan fingerprint density at radius 1 is 0.929 bits per heavy atom. The van der Waals surface area contributed by atoms with E-state index >= 15 is 0 Å². The van der Waals surface area contributed by atoms with Gasteiger partial charge in [0, 0.05) is 24.3 Å². The van der Waals surface area contributed by atoms with Crippen LogP contribution in [-0.2, 0) is 19.7 Å². The summed E-state index contributed by atoms with van der Waals surface area (Å²) in [5.74, 6) is 1.19. The Morgan fingerprint density at radius 2 is 1.75 bits per heavy atom. The summed E-state index contributed by atoms with van der Waals surface area (Å²) in [6.45, 7) is 4.17. The summed E-state index contributed by atoms with van der Waals surface area (Å²) < 4.78 is 11.7. The molecule has 0 amide bonds. The third-order valence-electron chi connectivity index (χ3n) is 4.03. The predicted molar refractivity (Wildman–Crippen MR) is 113 cm³/mol. The second-order valence-corrected chi connectivity index (χ2v) is 7.02. The van der Waals surface area contributed by atoms with Crippen molar-refractivity contribution in [3.63, 3.8) is 0 Å². The summed E-state index contributed by atoms with van der Waals surface area (Å²) in [7, 11) is 0. The van der Waals surface area contributed by atoms with Gasteiger partial charge in [0.1, 0.15) is 6.61 Å². The maximum atomic E-state index is 6.49. The lowest BCUT2D eigenvalue weighted by Gasteiger charge is -2.16. The zero-order chi connectivity index (χ0) is 19.8. The summed E-state index contributed by atoms with van der Waals surface area (Å²) in [5, 5.41) is 4.58. The van der Waals surface area contributed by atoms with Crippen LogP contribution in [0.5, 0.6) is 11.5 Å². The second-order valence-electron chi connectivity index (χ2n) is 6.18. The van der Waals surface area contributed by atoms with E-state index in [1.165, 1.54) is 0 Å². The Kier molecular flexibility index (Phi) is 7.54. The van der Waals surface area contributed by atoms with E-state index in [2.05, 4.69) is 10.3 Å². The van der Waals surface area contributed by atoms with E-state index in [0.29, 0.717) is 47.8 Å². The summed E-state index contributed by atoms with van der Waals surface area (Å²) >= 11 is 12.4. The third kappa shape index (κ3) is 5.86. The molecule has 0 fully saturated rings. The molecule has 3 rings (SSSR count). The zero-order valence-corrected chi connectivity index (χ0v) is 17.1. The molecule has 6 heteroatoms. The lowest BCUT2D eigenvalue weighted by molar-refractivity contribution is 0.269. The van der Waals surface area contributed by atoms with Crippen LogP contribution in [0.4, 0.5) is 0 Å². The minimum atomic E-state index is 0.383. The van der Waals surface area contributed by atoms with Crippen LogP contribution >= 0.6 is 23.2 Å². The lowest BCUT2D eigenvalue weighted by atomic mass is 10.2. The van der Waals surface area contributed by atoms with Gasteiger partial charge < -0.3 is 14.8 Å². The summed E-state index contributed by atoms with van der Waals surface area (Å²) in [6.07, 6.45) is 1.79. The number of rotatable bonds is 9. The molecule has 1 aromatic heterocycles. The van der Waals surface area contributed by atoms with Crippen LogP contribution in [0.3, 0.4) is 0 Å². The number of benzene rings is 2. The Bertz CT molecular complexity index is 887. The van der Waals surface area contributed by atoms with Crippen molar-refractivity contribution in [2.75, 3.05) is 6.61 Å². The van der Waals surface area contributed by atoms with Crippen molar-refractivity contribution < 1.29 is 9.47 Å². The summed E-state index contributed by atoms with van der Waals surface area (Å²) in [4.78, 5) is 4.31. The SMILES string of the molecule is CCOc1cc(CNCc2ccccn2)cc(Cl)c1OCc1ccc(Cl)cc1. The van der Waals surface area contributed by atoms with Gasteiger partial charge in [-0.05, 0) is 54.4 Å². The van der Waals surface area contributed by atoms with Crippen LogP contribution in [0.1, 0.15) is 23.7 Å². The number of nitrogens with one attached hydrogen (secondary N) is 1. The smallest absolute Gasteiger partial charge is 0.180 e. The van der Waals surface area contributed by atoms with E-state index < -0.39 is 0 Å². The van der Waals surface area contributed by atoms with Crippen LogP contribution in [0.2, 0.25) is 10.0 Å².